The number of rotatable bonds is 6. The monoisotopic (exact) mass is 329 g/mol. The highest BCUT2D eigenvalue weighted by atomic mass is 16.5. The van der Waals surface area contributed by atoms with Gasteiger partial charge in [-0.25, -0.2) is 0 Å². The lowest BCUT2D eigenvalue weighted by atomic mass is 10.0. The van der Waals surface area contributed by atoms with Crippen LogP contribution in [0.25, 0.3) is 0 Å². The third kappa shape index (κ3) is 4.19. The summed E-state index contributed by atoms with van der Waals surface area (Å²) in [6.07, 6.45) is 5.10. The van der Waals surface area contributed by atoms with E-state index in [0.29, 0.717) is 6.04 Å². The average Bonchev–Trinajstić information content (AvgIpc) is 3.05. The van der Waals surface area contributed by atoms with Gasteiger partial charge in [0.25, 0.3) is 0 Å². The zero-order chi connectivity index (χ0) is 16.9. The summed E-state index contributed by atoms with van der Waals surface area (Å²) in [7, 11) is 2.20. The van der Waals surface area contributed by atoms with Gasteiger partial charge in [0.05, 0.1) is 12.2 Å². The number of aryl methyl sites for hydroxylation is 2. The second-order valence-corrected chi connectivity index (χ2v) is 6.67. The molecule has 0 saturated carbocycles. The molecule has 6 nitrogen and oxygen atoms in total. The quantitative estimate of drug-likeness (QED) is 0.811. The lowest BCUT2D eigenvalue weighted by Crippen LogP contribution is -2.46. The zero-order valence-electron chi connectivity index (χ0n) is 14.9. The fourth-order valence-corrected chi connectivity index (χ4v) is 3.28. The van der Waals surface area contributed by atoms with Gasteiger partial charge in [-0.15, -0.1) is 0 Å². The van der Waals surface area contributed by atoms with Crippen molar-refractivity contribution in [3.8, 4) is 0 Å². The predicted molar refractivity (Wildman–Crippen MR) is 92.4 cm³/mol. The molecule has 1 fully saturated rings. The third-order valence-electron chi connectivity index (χ3n) is 4.80. The second kappa shape index (κ2) is 7.85. The lowest BCUT2D eigenvalue weighted by molar-refractivity contribution is 0.104. The Kier molecular flexibility index (Phi) is 5.58. The van der Waals surface area contributed by atoms with Crippen molar-refractivity contribution in [1.82, 2.24) is 24.9 Å². The number of hydrogen-bond donors (Lipinski definition) is 0. The molecule has 0 aromatic carbocycles. The molecule has 0 aliphatic carbocycles. The molecule has 6 heteroatoms. The fourth-order valence-electron chi connectivity index (χ4n) is 3.28. The molecule has 0 spiro atoms. The molecule has 1 atom stereocenters. The summed E-state index contributed by atoms with van der Waals surface area (Å²) >= 11 is 0. The first-order valence-electron chi connectivity index (χ1n) is 8.80. The van der Waals surface area contributed by atoms with E-state index in [1.54, 1.807) is 0 Å². The Morgan fingerprint density at radius 2 is 2.29 bits per heavy atom. The standard InChI is InChI=1S/C18H27N5O/c1-4-18-20-17(21-24-18)13-23-10-6-8-15(11-23)22(3)12-16-14(2)7-5-9-19-16/h5,7,9,15H,4,6,8,10-13H2,1-3H3. The van der Waals surface area contributed by atoms with E-state index in [1.807, 2.05) is 19.2 Å². The minimum absolute atomic E-state index is 0.540. The SMILES string of the molecule is CCc1nc(CN2CCCC(N(C)Cc3ncccc3C)C2)no1. The van der Waals surface area contributed by atoms with Crippen LogP contribution in [0.1, 0.15) is 42.7 Å². The summed E-state index contributed by atoms with van der Waals surface area (Å²) in [5.41, 5.74) is 2.43. The second-order valence-electron chi connectivity index (χ2n) is 6.67. The van der Waals surface area contributed by atoms with Gasteiger partial charge in [-0.1, -0.05) is 18.1 Å². The molecule has 1 aliphatic heterocycles. The van der Waals surface area contributed by atoms with E-state index in [4.69, 9.17) is 4.52 Å². The maximum Gasteiger partial charge on any atom is 0.226 e. The number of nitrogens with zero attached hydrogens (tertiary/aromatic N) is 5. The van der Waals surface area contributed by atoms with Gasteiger partial charge in [0.2, 0.25) is 5.89 Å². The minimum Gasteiger partial charge on any atom is -0.339 e. The number of likely N-dealkylation sites (tertiary alicyclic amines) is 1. The van der Waals surface area contributed by atoms with Crippen molar-refractivity contribution in [2.24, 2.45) is 0 Å². The number of pyridine rings is 1. The van der Waals surface area contributed by atoms with Gasteiger partial charge in [0.1, 0.15) is 0 Å². The van der Waals surface area contributed by atoms with Gasteiger partial charge in [-0.05, 0) is 45.0 Å². The van der Waals surface area contributed by atoms with Crippen LogP contribution in [0.2, 0.25) is 0 Å². The van der Waals surface area contributed by atoms with Crippen molar-refractivity contribution >= 4 is 0 Å². The van der Waals surface area contributed by atoms with E-state index in [1.165, 1.54) is 24.1 Å². The normalized spacial score (nSPS) is 19.1. The van der Waals surface area contributed by atoms with Gasteiger partial charge in [-0.3, -0.25) is 14.8 Å². The maximum atomic E-state index is 5.22. The first-order chi connectivity index (χ1) is 11.7. The lowest BCUT2D eigenvalue weighted by Gasteiger charge is -2.37. The Bertz CT molecular complexity index is 656. The molecule has 130 valence electrons. The summed E-state index contributed by atoms with van der Waals surface area (Å²) < 4.78 is 5.22. The van der Waals surface area contributed by atoms with Gasteiger partial charge in [0.15, 0.2) is 5.82 Å². The van der Waals surface area contributed by atoms with Crippen LogP contribution in [0.15, 0.2) is 22.9 Å². The van der Waals surface area contributed by atoms with Crippen molar-refractivity contribution in [2.45, 2.75) is 52.2 Å². The van der Waals surface area contributed by atoms with Crippen LogP contribution < -0.4 is 0 Å². The number of hydrogen-bond acceptors (Lipinski definition) is 6. The molecule has 1 saturated heterocycles. The van der Waals surface area contributed by atoms with Crippen molar-refractivity contribution < 1.29 is 4.52 Å². The first-order valence-corrected chi connectivity index (χ1v) is 8.80. The van der Waals surface area contributed by atoms with E-state index >= 15 is 0 Å². The summed E-state index contributed by atoms with van der Waals surface area (Å²) in [4.78, 5) is 13.8. The van der Waals surface area contributed by atoms with E-state index < -0.39 is 0 Å². The molecule has 0 radical (unpaired) electrons. The molecule has 3 heterocycles. The van der Waals surface area contributed by atoms with Crippen molar-refractivity contribution in [1.29, 1.82) is 0 Å². The summed E-state index contributed by atoms with van der Waals surface area (Å²) in [5.74, 6) is 1.53. The molecule has 3 rings (SSSR count). The molecule has 0 bridgehead atoms. The molecule has 24 heavy (non-hydrogen) atoms. The van der Waals surface area contributed by atoms with Crippen LogP contribution in [0.3, 0.4) is 0 Å². The van der Waals surface area contributed by atoms with Crippen molar-refractivity contribution in [2.75, 3.05) is 20.1 Å². The summed E-state index contributed by atoms with van der Waals surface area (Å²) in [5, 5.41) is 4.08. The van der Waals surface area contributed by atoms with Crippen LogP contribution in [0.5, 0.6) is 0 Å². The molecular formula is C18H27N5O. The van der Waals surface area contributed by atoms with E-state index in [0.717, 1.165) is 44.3 Å². The highest BCUT2D eigenvalue weighted by Crippen LogP contribution is 2.18. The van der Waals surface area contributed by atoms with Gasteiger partial charge in [-0.2, -0.15) is 4.98 Å². The number of aromatic nitrogens is 3. The highest BCUT2D eigenvalue weighted by molar-refractivity contribution is 5.17. The summed E-state index contributed by atoms with van der Waals surface area (Å²) in [6.45, 7) is 7.97. The van der Waals surface area contributed by atoms with Crippen LogP contribution in [0, 0.1) is 6.92 Å². The number of likely N-dealkylation sites (N-methyl/N-ethyl adjacent to an activating group) is 1. The van der Waals surface area contributed by atoms with Crippen molar-refractivity contribution in [3.05, 3.63) is 41.3 Å². The molecule has 2 aromatic rings. The van der Waals surface area contributed by atoms with Gasteiger partial charge < -0.3 is 4.52 Å². The Hall–Kier alpha value is -1.79. The van der Waals surface area contributed by atoms with Crippen LogP contribution >= 0.6 is 0 Å². The fraction of sp³-hybridized carbons (Fsp3) is 0.611. The Labute approximate surface area is 143 Å². The van der Waals surface area contributed by atoms with E-state index in [-0.39, 0.29) is 0 Å². The number of piperidine rings is 1. The van der Waals surface area contributed by atoms with Crippen LogP contribution in [0.4, 0.5) is 0 Å². The molecule has 1 aliphatic rings. The minimum atomic E-state index is 0.540. The summed E-state index contributed by atoms with van der Waals surface area (Å²) in [6, 6.07) is 4.67. The predicted octanol–water partition coefficient (Wildman–Crippen LogP) is 2.43. The first kappa shape index (κ1) is 17.0. The maximum absolute atomic E-state index is 5.22. The molecule has 0 amide bonds. The third-order valence-corrected chi connectivity index (χ3v) is 4.80. The van der Waals surface area contributed by atoms with E-state index in [9.17, 15) is 0 Å². The molecule has 1 unspecified atom stereocenters. The Morgan fingerprint density at radius 3 is 3.04 bits per heavy atom. The van der Waals surface area contributed by atoms with Crippen LogP contribution in [-0.4, -0.2) is 51.1 Å². The molecule has 2 aromatic heterocycles. The highest BCUT2D eigenvalue weighted by Gasteiger charge is 2.24. The topological polar surface area (TPSA) is 58.3 Å². The van der Waals surface area contributed by atoms with Crippen LogP contribution in [-0.2, 0) is 19.5 Å². The Balaban J connectivity index is 1.57. The molecule has 0 N–H and O–H groups in total. The van der Waals surface area contributed by atoms with Gasteiger partial charge in [0, 0.05) is 31.7 Å². The van der Waals surface area contributed by atoms with E-state index in [2.05, 4.69) is 45.0 Å². The average molecular weight is 329 g/mol. The molecular weight excluding hydrogens is 302 g/mol. The van der Waals surface area contributed by atoms with Crippen molar-refractivity contribution in [3.63, 3.8) is 0 Å². The van der Waals surface area contributed by atoms with Gasteiger partial charge >= 0.3 is 0 Å². The smallest absolute Gasteiger partial charge is 0.226 e. The zero-order valence-corrected chi connectivity index (χ0v) is 14.9. The largest absolute Gasteiger partial charge is 0.339 e. The Morgan fingerprint density at radius 1 is 1.42 bits per heavy atom.